The molecule has 0 radical (unpaired) electrons. The second-order valence-electron chi connectivity index (χ2n) is 7.45. The predicted molar refractivity (Wildman–Crippen MR) is 112 cm³/mol. The van der Waals surface area contributed by atoms with E-state index in [1.165, 1.54) is 16.7 Å². The molecule has 4 rings (SSSR count). The zero-order chi connectivity index (χ0) is 19.2. The van der Waals surface area contributed by atoms with Crippen LogP contribution in [0, 0.1) is 0 Å². The summed E-state index contributed by atoms with van der Waals surface area (Å²) in [5.74, 6) is 0.149. The Hall–Kier alpha value is -2.46. The summed E-state index contributed by atoms with van der Waals surface area (Å²) in [6, 6.07) is 31.4. The number of aliphatic hydroxyl groups is 1. The molecule has 0 aromatic heterocycles. The smallest absolute Gasteiger partial charge is 0.0927 e. The van der Waals surface area contributed by atoms with Gasteiger partial charge in [-0.3, -0.25) is 0 Å². The molecule has 28 heavy (non-hydrogen) atoms. The molecule has 3 aromatic carbocycles. The Bertz CT molecular complexity index is 799. The minimum atomic E-state index is -0.493. The number of hydrogen-bond acceptors (Lipinski definition) is 3. The van der Waals surface area contributed by atoms with Gasteiger partial charge in [-0.25, -0.2) is 0 Å². The van der Waals surface area contributed by atoms with Gasteiger partial charge in [-0.1, -0.05) is 91.0 Å². The summed E-state index contributed by atoms with van der Waals surface area (Å²) in [4.78, 5) is 0. The van der Waals surface area contributed by atoms with E-state index in [1.807, 2.05) is 30.3 Å². The van der Waals surface area contributed by atoms with Crippen LogP contribution in [0.2, 0.25) is 0 Å². The predicted octanol–water partition coefficient (Wildman–Crippen LogP) is 4.13. The summed E-state index contributed by atoms with van der Waals surface area (Å²) < 4.78 is 6.15. The van der Waals surface area contributed by atoms with Crippen molar-refractivity contribution in [1.29, 1.82) is 0 Å². The van der Waals surface area contributed by atoms with Crippen LogP contribution >= 0.6 is 0 Å². The second kappa shape index (κ2) is 9.16. The Balaban J connectivity index is 1.53. The van der Waals surface area contributed by atoms with E-state index < -0.39 is 6.10 Å². The molecule has 144 valence electrons. The average Bonchev–Trinajstić information content (AvgIpc) is 2.76. The maximum absolute atomic E-state index is 10.5. The maximum Gasteiger partial charge on any atom is 0.0927 e. The fourth-order valence-electron chi connectivity index (χ4n) is 4.05. The van der Waals surface area contributed by atoms with Gasteiger partial charge in [0.15, 0.2) is 0 Å². The molecule has 2 N–H and O–H groups in total. The molecule has 1 aliphatic rings. The first-order valence-electron chi connectivity index (χ1n) is 9.98. The second-order valence-corrected chi connectivity index (χ2v) is 7.45. The maximum atomic E-state index is 10.5. The third kappa shape index (κ3) is 4.50. The summed E-state index contributed by atoms with van der Waals surface area (Å²) in [5, 5.41) is 14.0. The van der Waals surface area contributed by atoms with Gasteiger partial charge in [0.05, 0.1) is 18.8 Å². The molecule has 3 nitrogen and oxygen atoms in total. The van der Waals surface area contributed by atoms with E-state index >= 15 is 0 Å². The number of aliphatic hydroxyl groups excluding tert-OH is 1. The van der Waals surface area contributed by atoms with Gasteiger partial charge < -0.3 is 15.2 Å². The molecule has 3 atom stereocenters. The Kier molecular flexibility index (Phi) is 6.17. The van der Waals surface area contributed by atoms with Gasteiger partial charge in [0.1, 0.15) is 0 Å². The zero-order valence-corrected chi connectivity index (χ0v) is 15.9. The largest absolute Gasteiger partial charge is 0.389 e. The molecular formula is C25H27NO2. The van der Waals surface area contributed by atoms with Crippen molar-refractivity contribution in [3.8, 4) is 0 Å². The van der Waals surface area contributed by atoms with E-state index in [9.17, 15) is 5.11 Å². The lowest BCUT2D eigenvalue weighted by molar-refractivity contribution is -0.0791. The van der Waals surface area contributed by atoms with Crippen molar-refractivity contribution in [2.45, 2.75) is 37.1 Å². The van der Waals surface area contributed by atoms with Gasteiger partial charge in [0.25, 0.3) is 0 Å². The van der Waals surface area contributed by atoms with Crippen LogP contribution < -0.4 is 5.32 Å². The lowest BCUT2D eigenvalue weighted by Gasteiger charge is -2.38. The molecular weight excluding hydrogens is 346 g/mol. The summed E-state index contributed by atoms with van der Waals surface area (Å²) in [6.45, 7) is 1.10. The minimum Gasteiger partial charge on any atom is -0.389 e. The van der Waals surface area contributed by atoms with Crippen molar-refractivity contribution in [2.75, 3.05) is 6.61 Å². The first-order valence-corrected chi connectivity index (χ1v) is 9.98. The van der Waals surface area contributed by atoms with E-state index in [-0.39, 0.29) is 18.1 Å². The Morgan fingerprint density at radius 1 is 0.821 bits per heavy atom. The van der Waals surface area contributed by atoms with E-state index in [0.29, 0.717) is 6.61 Å². The van der Waals surface area contributed by atoms with E-state index in [4.69, 9.17) is 4.74 Å². The fourth-order valence-corrected chi connectivity index (χ4v) is 4.05. The molecule has 3 aromatic rings. The van der Waals surface area contributed by atoms with Gasteiger partial charge in [-0.2, -0.15) is 0 Å². The molecule has 0 bridgehead atoms. The Labute approximate surface area is 167 Å². The van der Waals surface area contributed by atoms with Crippen molar-refractivity contribution in [3.05, 3.63) is 108 Å². The van der Waals surface area contributed by atoms with Crippen LogP contribution in [0.4, 0.5) is 0 Å². The van der Waals surface area contributed by atoms with E-state index in [0.717, 1.165) is 13.0 Å². The fraction of sp³-hybridized carbons (Fsp3) is 0.280. The number of hydrogen-bond donors (Lipinski definition) is 2. The van der Waals surface area contributed by atoms with Gasteiger partial charge in [0, 0.05) is 18.5 Å². The lowest BCUT2D eigenvalue weighted by atomic mass is 9.82. The van der Waals surface area contributed by atoms with Crippen molar-refractivity contribution in [2.24, 2.45) is 0 Å². The van der Waals surface area contributed by atoms with Crippen LogP contribution in [0.1, 0.15) is 29.0 Å². The van der Waals surface area contributed by atoms with Gasteiger partial charge in [0.2, 0.25) is 0 Å². The highest BCUT2D eigenvalue weighted by molar-refractivity contribution is 5.34. The van der Waals surface area contributed by atoms with Gasteiger partial charge in [-0.15, -0.1) is 0 Å². The van der Waals surface area contributed by atoms with Gasteiger partial charge in [-0.05, 0) is 23.1 Å². The number of rotatable bonds is 6. The van der Waals surface area contributed by atoms with Crippen LogP contribution in [-0.4, -0.2) is 30.0 Å². The van der Waals surface area contributed by atoms with Crippen LogP contribution in [0.25, 0.3) is 0 Å². The molecule has 3 heteroatoms. The summed E-state index contributed by atoms with van der Waals surface area (Å²) >= 11 is 0. The first kappa shape index (κ1) is 18.9. The standard InChI is InChI=1S/C25H27NO2/c27-23-18-28-24(16-22(23)26-17-19-10-4-1-5-11-19)25(20-12-6-2-7-13-20)21-14-8-3-9-15-21/h1-15,22-27H,16-18H2. The third-order valence-corrected chi connectivity index (χ3v) is 5.53. The lowest BCUT2D eigenvalue weighted by Crippen LogP contribution is -2.50. The van der Waals surface area contributed by atoms with Crippen LogP contribution in [-0.2, 0) is 11.3 Å². The van der Waals surface area contributed by atoms with Crippen molar-refractivity contribution in [3.63, 3.8) is 0 Å². The number of benzene rings is 3. The summed E-state index contributed by atoms with van der Waals surface area (Å²) in [6.07, 6.45) is 0.288. The molecule has 0 aliphatic carbocycles. The quantitative estimate of drug-likeness (QED) is 0.683. The SMILES string of the molecule is OC1COC(C(c2ccccc2)c2ccccc2)CC1NCc1ccccc1. The van der Waals surface area contributed by atoms with Crippen LogP contribution in [0.5, 0.6) is 0 Å². The molecule has 0 spiro atoms. The Morgan fingerprint density at radius 3 is 1.93 bits per heavy atom. The molecule has 1 fully saturated rings. The molecule has 1 heterocycles. The molecule has 3 unspecified atom stereocenters. The highest BCUT2D eigenvalue weighted by Gasteiger charge is 2.35. The minimum absolute atomic E-state index is 0.00822. The number of nitrogens with one attached hydrogen (secondary N) is 1. The van der Waals surface area contributed by atoms with Crippen molar-refractivity contribution < 1.29 is 9.84 Å². The monoisotopic (exact) mass is 373 g/mol. The Morgan fingerprint density at radius 2 is 1.36 bits per heavy atom. The molecule has 0 amide bonds. The topological polar surface area (TPSA) is 41.5 Å². The average molecular weight is 373 g/mol. The van der Waals surface area contributed by atoms with Crippen molar-refractivity contribution in [1.82, 2.24) is 5.32 Å². The molecule has 1 aliphatic heterocycles. The highest BCUT2D eigenvalue weighted by atomic mass is 16.5. The van der Waals surface area contributed by atoms with Crippen molar-refractivity contribution >= 4 is 0 Å². The van der Waals surface area contributed by atoms with Crippen LogP contribution in [0.15, 0.2) is 91.0 Å². The third-order valence-electron chi connectivity index (χ3n) is 5.53. The van der Waals surface area contributed by atoms with E-state index in [2.05, 4.69) is 66.0 Å². The normalized spacial score (nSPS) is 22.3. The highest BCUT2D eigenvalue weighted by Crippen LogP contribution is 2.34. The molecule has 1 saturated heterocycles. The van der Waals surface area contributed by atoms with Crippen LogP contribution in [0.3, 0.4) is 0 Å². The first-order chi connectivity index (χ1) is 13.8. The number of ether oxygens (including phenoxy) is 1. The van der Waals surface area contributed by atoms with E-state index in [1.54, 1.807) is 0 Å². The summed E-state index contributed by atoms with van der Waals surface area (Å²) in [7, 11) is 0. The molecule has 0 saturated carbocycles. The summed E-state index contributed by atoms with van der Waals surface area (Å²) in [5.41, 5.74) is 3.72. The zero-order valence-electron chi connectivity index (χ0n) is 15.9. The van der Waals surface area contributed by atoms with Gasteiger partial charge >= 0.3 is 0 Å².